The Morgan fingerprint density at radius 2 is 1.93 bits per heavy atom. The summed E-state index contributed by atoms with van der Waals surface area (Å²) in [5.74, 6) is -1.50. The Balaban J connectivity index is 2.50. The van der Waals surface area contributed by atoms with E-state index in [1.54, 1.807) is 18.2 Å². The fraction of sp³-hybridized carbons (Fsp3) is 0.545. The van der Waals surface area contributed by atoms with Crippen LogP contribution in [0.25, 0.3) is 0 Å². The van der Waals surface area contributed by atoms with Crippen molar-refractivity contribution in [1.82, 2.24) is 0 Å². The summed E-state index contributed by atoms with van der Waals surface area (Å²) in [4.78, 5) is 22.6. The van der Waals surface area contributed by atoms with Gasteiger partial charge in [0.25, 0.3) is 0 Å². The van der Waals surface area contributed by atoms with Crippen molar-refractivity contribution in [2.24, 2.45) is 11.8 Å². The predicted molar refractivity (Wildman–Crippen MR) is 106 cm³/mol. The van der Waals surface area contributed by atoms with E-state index in [0.29, 0.717) is 19.3 Å². The average Bonchev–Trinajstić information content (AvgIpc) is 2.88. The van der Waals surface area contributed by atoms with Gasteiger partial charge in [-0.15, -0.1) is 0 Å². The lowest BCUT2D eigenvalue weighted by atomic mass is 9.90. The maximum Gasteiger partial charge on any atom is 0.303 e. The number of ketones is 1. The zero-order valence-electron chi connectivity index (χ0n) is 16.0. The van der Waals surface area contributed by atoms with Crippen LogP contribution in [0.2, 0.25) is 0 Å². The van der Waals surface area contributed by atoms with E-state index >= 15 is 0 Å². The summed E-state index contributed by atoms with van der Waals surface area (Å²) in [6.45, 7) is 2.08. The number of allylic oxidation sites excluding steroid dienone is 6. The number of hydrogen-bond acceptors (Lipinski definition) is 4. The van der Waals surface area contributed by atoms with Gasteiger partial charge in [-0.2, -0.15) is 0 Å². The SMILES string of the molecule is CC/C=C\C/C=C\C[C@H](O)/C=C/[C@H]1C(=O)C[C@H](O)[C@H]1C/C=C\CCC(=O)O. The molecule has 0 aromatic rings. The van der Waals surface area contributed by atoms with Crippen molar-refractivity contribution >= 4 is 11.8 Å². The van der Waals surface area contributed by atoms with Gasteiger partial charge in [0, 0.05) is 24.7 Å². The van der Waals surface area contributed by atoms with Crippen molar-refractivity contribution < 1.29 is 24.9 Å². The molecule has 4 atom stereocenters. The first-order chi connectivity index (χ1) is 13.0. The number of carbonyl (C=O) groups excluding carboxylic acids is 1. The van der Waals surface area contributed by atoms with Gasteiger partial charge in [0.1, 0.15) is 5.78 Å². The van der Waals surface area contributed by atoms with Crippen molar-refractivity contribution in [3.05, 3.63) is 48.6 Å². The highest BCUT2D eigenvalue weighted by Gasteiger charge is 2.39. The van der Waals surface area contributed by atoms with Crippen LogP contribution in [0.4, 0.5) is 0 Å². The number of carboxylic acids is 1. The molecule has 0 aromatic carbocycles. The third kappa shape index (κ3) is 9.50. The van der Waals surface area contributed by atoms with Crippen LogP contribution in [0.15, 0.2) is 48.6 Å². The molecule has 0 bridgehead atoms. The largest absolute Gasteiger partial charge is 0.481 e. The highest BCUT2D eigenvalue weighted by Crippen LogP contribution is 2.33. The number of carbonyl (C=O) groups is 2. The zero-order chi connectivity index (χ0) is 20.1. The molecule has 1 saturated carbocycles. The molecule has 0 aliphatic heterocycles. The summed E-state index contributed by atoms with van der Waals surface area (Å²) >= 11 is 0. The topological polar surface area (TPSA) is 94.8 Å². The molecule has 0 amide bonds. The molecule has 1 aliphatic carbocycles. The highest BCUT2D eigenvalue weighted by atomic mass is 16.4. The monoisotopic (exact) mass is 376 g/mol. The second-order valence-electron chi connectivity index (χ2n) is 6.84. The Bertz CT molecular complexity index is 573. The summed E-state index contributed by atoms with van der Waals surface area (Å²) in [5.41, 5.74) is 0. The van der Waals surface area contributed by atoms with E-state index < -0.39 is 24.1 Å². The molecule has 0 unspecified atom stereocenters. The van der Waals surface area contributed by atoms with Crippen LogP contribution in [-0.4, -0.2) is 39.3 Å². The minimum Gasteiger partial charge on any atom is -0.481 e. The molecule has 27 heavy (non-hydrogen) atoms. The van der Waals surface area contributed by atoms with Gasteiger partial charge in [0.15, 0.2) is 0 Å². The lowest BCUT2D eigenvalue weighted by Gasteiger charge is -2.16. The first kappa shape index (κ1) is 23.1. The van der Waals surface area contributed by atoms with Gasteiger partial charge < -0.3 is 15.3 Å². The maximum atomic E-state index is 12.1. The Kier molecular flexibility index (Phi) is 11.3. The van der Waals surface area contributed by atoms with Crippen molar-refractivity contribution in [3.63, 3.8) is 0 Å². The molecule has 3 N–H and O–H groups in total. The summed E-state index contributed by atoms with van der Waals surface area (Å²) < 4.78 is 0. The Hall–Kier alpha value is -1.98. The number of Topliss-reactive ketones (excluding diaryl/α,β-unsaturated/α-hetero) is 1. The highest BCUT2D eigenvalue weighted by molar-refractivity contribution is 5.86. The number of aliphatic hydroxyl groups is 2. The molecule has 0 saturated heterocycles. The van der Waals surface area contributed by atoms with Gasteiger partial charge in [-0.25, -0.2) is 0 Å². The van der Waals surface area contributed by atoms with Crippen LogP contribution >= 0.6 is 0 Å². The van der Waals surface area contributed by atoms with E-state index in [-0.39, 0.29) is 24.5 Å². The fourth-order valence-corrected chi connectivity index (χ4v) is 3.10. The van der Waals surface area contributed by atoms with Gasteiger partial charge in [0.05, 0.1) is 12.2 Å². The zero-order valence-corrected chi connectivity index (χ0v) is 16.0. The van der Waals surface area contributed by atoms with Gasteiger partial charge >= 0.3 is 5.97 Å². The number of rotatable bonds is 12. The van der Waals surface area contributed by atoms with E-state index in [2.05, 4.69) is 19.1 Å². The molecule has 1 rings (SSSR count). The molecule has 0 radical (unpaired) electrons. The lowest BCUT2D eigenvalue weighted by Crippen LogP contribution is -2.19. The minimum atomic E-state index is -0.846. The number of aliphatic hydroxyl groups excluding tert-OH is 2. The third-order valence-electron chi connectivity index (χ3n) is 4.60. The van der Waals surface area contributed by atoms with Crippen molar-refractivity contribution in [2.75, 3.05) is 0 Å². The molecular weight excluding hydrogens is 344 g/mol. The van der Waals surface area contributed by atoms with E-state index in [1.165, 1.54) is 0 Å². The number of hydrogen-bond donors (Lipinski definition) is 3. The molecular formula is C22H32O5. The minimum absolute atomic E-state index is 0.0184. The van der Waals surface area contributed by atoms with E-state index in [9.17, 15) is 19.8 Å². The van der Waals surface area contributed by atoms with Crippen LogP contribution < -0.4 is 0 Å². The van der Waals surface area contributed by atoms with Gasteiger partial charge in [0.2, 0.25) is 0 Å². The normalized spacial score (nSPS) is 24.9. The first-order valence-corrected chi connectivity index (χ1v) is 9.69. The van der Waals surface area contributed by atoms with Crippen LogP contribution in [0.1, 0.15) is 51.9 Å². The summed E-state index contributed by atoms with van der Waals surface area (Å²) in [7, 11) is 0. The molecule has 0 heterocycles. The quantitative estimate of drug-likeness (QED) is 0.453. The Morgan fingerprint density at radius 3 is 2.63 bits per heavy atom. The van der Waals surface area contributed by atoms with E-state index in [4.69, 9.17) is 5.11 Å². The van der Waals surface area contributed by atoms with Crippen LogP contribution in [0, 0.1) is 11.8 Å². The van der Waals surface area contributed by atoms with Crippen LogP contribution in [-0.2, 0) is 9.59 Å². The van der Waals surface area contributed by atoms with Crippen molar-refractivity contribution in [1.29, 1.82) is 0 Å². The summed E-state index contributed by atoms with van der Waals surface area (Å²) in [6.07, 6.45) is 17.2. The second kappa shape index (κ2) is 13.2. The van der Waals surface area contributed by atoms with E-state index in [1.807, 2.05) is 18.2 Å². The van der Waals surface area contributed by atoms with Crippen molar-refractivity contribution in [3.8, 4) is 0 Å². The van der Waals surface area contributed by atoms with Gasteiger partial charge in [-0.3, -0.25) is 9.59 Å². The molecule has 0 spiro atoms. The second-order valence-corrected chi connectivity index (χ2v) is 6.84. The van der Waals surface area contributed by atoms with Crippen LogP contribution in [0.3, 0.4) is 0 Å². The predicted octanol–water partition coefficient (Wildman–Crippen LogP) is 3.58. The molecule has 150 valence electrons. The molecule has 5 heteroatoms. The fourth-order valence-electron chi connectivity index (χ4n) is 3.10. The maximum absolute atomic E-state index is 12.1. The number of carboxylic acid groups (broad SMARTS) is 1. The lowest BCUT2D eigenvalue weighted by molar-refractivity contribution is -0.136. The standard InChI is InChI=1S/C22H32O5/c1-2-3-4-5-6-8-11-17(23)14-15-19-18(20(24)16-21(19)25)12-9-7-10-13-22(26)27/h3-4,6-9,14-15,17-20,23-24H,2,5,10-13,16H2,1H3,(H,26,27)/b4-3-,8-6-,9-7-,15-14+/t17-,18-,19+,20-/m0/s1. The molecule has 1 aliphatic rings. The van der Waals surface area contributed by atoms with Crippen LogP contribution in [0.5, 0.6) is 0 Å². The first-order valence-electron chi connectivity index (χ1n) is 9.69. The smallest absolute Gasteiger partial charge is 0.303 e. The summed E-state index contributed by atoms with van der Waals surface area (Å²) in [6, 6.07) is 0. The van der Waals surface area contributed by atoms with E-state index in [0.717, 1.165) is 12.8 Å². The van der Waals surface area contributed by atoms with Gasteiger partial charge in [-0.1, -0.05) is 55.5 Å². The summed E-state index contributed by atoms with van der Waals surface area (Å²) in [5, 5.41) is 28.8. The van der Waals surface area contributed by atoms with Gasteiger partial charge in [-0.05, 0) is 32.1 Å². The third-order valence-corrected chi connectivity index (χ3v) is 4.60. The molecule has 1 fully saturated rings. The molecule has 5 nitrogen and oxygen atoms in total. The Morgan fingerprint density at radius 1 is 1.19 bits per heavy atom. The van der Waals surface area contributed by atoms with Crippen molar-refractivity contribution in [2.45, 2.75) is 64.1 Å². The molecule has 0 aromatic heterocycles. The number of aliphatic carboxylic acids is 1. The average molecular weight is 376 g/mol. The Labute approximate surface area is 161 Å².